The first-order chi connectivity index (χ1) is 13.0. The van der Waals surface area contributed by atoms with Gasteiger partial charge in [0.2, 0.25) is 5.95 Å². The highest BCUT2D eigenvalue weighted by atomic mass is 16.3. The average Bonchev–Trinajstić information content (AvgIpc) is 2.69. The Morgan fingerprint density at radius 1 is 1.15 bits per heavy atom. The third kappa shape index (κ3) is 4.77. The molecule has 1 amide bonds. The Hall–Kier alpha value is -3.52. The highest BCUT2D eigenvalue weighted by Crippen LogP contribution is 2.21. The fourth-order valence-electron chi connectivity index (χ4n) is 2.34. The van der Waals surface area contributed by atoms with Crippen molar-refractivity contribution < 1.29 is 9.90 Å². The molecule has 3 aromatic rings. The molecule has 8 nitrogen and oxygen atoms in total. The molecule has 0 fully saturated rings. The van der Waals surface area contributed by atoms with E-state index < -0.39 is 0 Å². The first-order valence-corrected chi connectivity index (χ1v) is 8.39. The largest absolute Gasteiger partial charge is 0.399 e. The van der Waals surface area contributed by atoms with Crippen LogP contribution >= 0.6 is 0 Å². The van der Waals surface area contributed by atoms with Crippen LogP contribution in [0.15, 0.2) is 54.9 Å². The zero-order valence-corrected chi connectivity index (χ0v) is 14.8. The zero-order chi connectivity index (χ0) is 19.2. The van der Waals surface area contributed by atoms with Gasteiger partial charge < -0.3 is 21.5 Å². The quantitative estimate of drug-likeness (QED) is 0.494. The Bertz CT molecular complexity index is 915. The molecule has 5 N–H and O–H groups in total. The molecule has 0 aliphatic rings. The molecule has 1 atom stereocenters. The number of hydrogen-bond acceptors (Lipinski definition) is 7. The summed E-state index contributed by atoms with van der Waals surface area (Å²) in [6, 6.07) is 11.7. The number of nitrogen functional groups attached to an aromatic ring is 1. The molecule has 138 valence electrons. The Balaban J connectivity index is 1.91. The molecule has 8 heteroatoms. The van der Waals surface area contributed by atoms with Gasteiger partial charge in [-0.05, 0) is 43.3 Å². The second kappa shape index (κ2) is 8.24. The smallest absolute Gasteiger partial charge is 0.256 e. The van der Waals surface area contributed by atoms with E-state index >= 15 is 0 Å². The van der Waals surface area contributed by atoms with Crippen molar-refractivity contribution in [3.8, 4) is 11.3 Å². The van der Waals surface area contributed by atoms with Gasteiger partial charge in [0.05, 0.1) is 12.3 Å². The first-order valence-electron chi connectivity index (χ1n) is 8.39. The number of aromatic nitrogens is 3. The number of aliphatic hydroxyl groups is 1. The van der Waals surface area contributed by atoms with Crippen LogP contribution in [0, 0.1) is 0 Å². The Morgan fingerprint density at radius 2 is 1.85 bits per heavy atom. The number of nitrogens with two attached hydrogens (primary N) is 1. The Morgan fingerprint density at radius 3 is 2.52 bits per heavy atom. The SMILES string of the molecule is C[C@H](CO)Nc1nc(NC(=O)c2ccc(N)cc2)cc(-c2ccncc2)n1. The maximum atomic E-state index is 12.5. The Kier molecular flexibility index (Phi) is 5.58. The predicted molar refractivity (Wildman–Crippen MR) is 104 cm³/mol. The highest BCUT2D eigenvalue weighted by Gasteiger charge is 2.12. The second-order valence-corrected chi connectivity index (χ2v) is 6.00. The van der Waals surface area contributed by atoms with Gasteiger partial charge in [-0.25, -0.2) is 4.98 Å². The molecule has 0 unspecified atom stereocenters. The number of aliphatic hydroxyl groups excluding tert-OH is 1. The summed E-state index contributed by atoms with van der Waals surface area (Å²) in [5.74, 6) is 0.334. The number of pyridine rings is 1. The maximum Gasteiger partial charge on any atom is 0.256 e. The van der Waals surface area contributed by atoms with Gasteiger partial charge in [0.15, 0.2) is 0 Å². The van der Waals surface area contributed by atoms with E-state index in [2.05, 4.69) is 25.6 Å². The van der Waals surface area contributed by atoms with Gasteiger partial charge in [-0.3, -0.25) is 9.78 Å². The van der Waals surface area contributed by atoms with E-state index in [4.69, 9.17) is 5.73 Å². The summed E-state index contributed by atoms with van der Waals surface area (Å²) in [6.45, 7) is 1.73. The van der Waals surface area contributed by atoms with Gasteiger partial charge >= 0.3 is 0 Å². The topological polar surface area (TPSA) is 126 Å². The lowest BCUT2D eigenvalue weighted by Crippen LogP contribution is -2.22. The van der Waals surface area contributed by atoms with Crippen molar-refractivity contribution in [1.29, 1.82) is 0 Å². The van der Waals surface area contributed by atoms with Crippen LogP contribution in [0.25, 0.3) is 11.3 Å². The van der Waals surface area contributed by atoms with Gasteiger partial charge in [-0.2, -0.15) is 4.98 Å². The van der Waals surface area contributed by atoms with Crippen LogP contribution in [0.2, 0.25) is 0 Å². The van der Waals surface area contributed by atoms with Crippen molar-refractivity contribution in [3.05, 3.63) is 60.4 Å². The van der Waals surface area contributed by atoms with Crippen molar-refractivity contribution in [2.75, 3.05) is 23.0 Å². The highest BCUT2D eigenvalue weighted by molar-refractivity contribution is 6.04. The summed E-state index contributed by atoms with van der Waals surface area (Å²) in [5, 5.41) is 15.0. The van der Waals surface area contributed by atoms with Crippen LogP contribution in [-0.2, 0) is 0 Å². The number of anilines is 3. The summed E-state index contributed by atoms with van der Waals surface area (Å²) in [6.07, 6.45) is 3.32. The van der Waals surface area contributed by atoms with Crippen molar-refractivity contribution in [2.45, 2.75) is 13.0 Å². The van der Waals surface area contributed by atoms with E-state index in [1.165, 1.54) is 0 Å². The molecule has 0 spiro atoms. The third-order valence-electron chi connectivity index (χ3n) is 3.77. The van der Waals surface area contributed by atoms with Crippen LogP contribution in [0.3, 0.4) is 0 Å². The maximum absolute atomic E-state index is 12.5. The lowest BCUT2D eigenvalue weighted by atomic mass is 10.2. The molecular weight excluding hydrogens is 344 g/mol. The summed E-state index contributed by atoms with van der Waals surface area (Å²) in [5.41, 5.74) is 8.15. The average molecular weight is 364 g/mol. The number of hydrogen-bond donors (Lipinski definition) is 4. The number of nitrogens with one attached hydrogen (secondary N) is 2. The number of carbonyl (C=O) groups excluding carboxylic acids is 1. The van der Waals surface area contributed by atoms with E-state index in [1.54, 1.807) is 49.6 Å². The lowest BCUT2D eigenvalue weighted by molar-refractivity contribution is 0.102. The van der Waals surface area contributed by atoms with Gasteiger partial charge in [-0.15, -0.1) is 0 Å². The minimum absolute atomic E-state index is 0.0734. The molecule has 0 aliphatic heterocycles. The third-order valence-corrected chi connectivity index (χ3v) is 3.77. The van der Waals surface area contributed by atoms with Crippen molar-refractivity contribution in [1.82, 2.24) is 15.0 Å². The molecule has 0 saturated carbocycles. The minimum atomic E-state index is -0.310. The summed E-state index contributed by atoms with van der Waals surface area (Å²) >= 11 is 0. The molecular formula is C19H20N6O2. The summed E-state index contributed by atoms with van der Waals surface area (Å²) < 4.78 is 0. The summed E-state index contributed by atoms with van der Waals surface area (Å²) in [7, 11) is 0. The van der Waals surface area contributed by atoms with Gasteiger partial charge in [0.25, 0.3) is 5.91 Å². The zero-order valence-electron chi connectivity index (χ0n) is 14.8. The normalized spacial score (nSPS) is 11.6. The fourth-order valence-corrected chi connectivity index (χ4v) is 2.34. The molecule has 2 heterocycles. The molecule has 1 aromatic carbocycles. The van der Waals surface area contributed by atoms with Crippen LogP contribution in [0.4, 0.5) is 17.5 Å². The van der Waals surface area contributed by atoms with Gasteiger partial charge in [-0.1, -0.05) is 0 Å². The molecule has 0 radical (unpaired) electrons. The van der Waals surface area contributed by atoms with Gasteiger partial charge in [0.1, 0.15) is 5.82 Å². The molecule has 2 aromatic heterocycles. The Labute approximate surface area is 156 Å². The molecule has 0 saturated heterocycles. The van der Waals surface area contributed by atoms with E-state index in [9.17, 15) is 9.90 Å². The van der Waals surface area contributed by atoms with Crippen LogP contribution in [0.1, 0.15) is 17.3 Å². The van der Waals surface area contributed by atoms with E-state index in [0.717, 1.165) is 5.56 Å². The van der Waals surface area contributed by atoms with E-state index in [-0.39, 0.29) is 18.6 Å². The second-order valence-electron chi connectivity index (χ2n) is 6.00. The predicted octanol–water partition coefficient (Wildman–Crippen LogP) is 2.17. The number of benzene rings is 1. The first kappa shape index (κ1) is 18.3. The standard InChI is InChI=1S/C19H20N6O2/c1-12(11-26)22-19-23-16(13-6-8-21-9-7-13)10-17(25-19)24-18(27)14-2-4-15(20)5-3-14/h2-10,12,26H,11,20H2,1H3,(H2,22,23,24,25,27)/t12-/m1/s1. The number of amides is 1. The van der Waals surface area contributed by atoms with E-state index in [1.807, 2.05) is 12.1 Å². The van der Waals surface area contributed by atoms with Crippen LogP contribution in [0.5, 0.6) is 0 Å². The lowest BCUT2D eigenvalue weighted by Gasteiger charge is -2.14. The fraction of sp³-hybridized carbons (Fsp3) is 0.158. The summed E-state index contributed by atoms with van der Waals surface area (Å²) in [4.78, 5) is 25.3. The number of rotatable bonds is 6. The van der Waals surface area contributed by atoms with Crippen molar-refractivity contribution in [3.63, 3.8) is 0 Å². The number of carbonyl (C=O) groups is 1. The van der Waals surface area contributed by atoms with E-state index in [0.29, 0.717) is 28.7 Å². The van der Waals surface area contributed by atoms with Crippen LogP contribution in [-0.4, -0.2) is 38.6 Å². The van der Waals surface area contributed by atoms with Gasteiger partial charge in [0, 0.05) is 41.3 Å². The minimum Gasteiger partial charge on any atom is -0.399 e. The molecule has 3 rings (SSSR count). The van der Waals surface area contributed by atoms with Crippen molar-refractivity contribution in [2.24, 2.45) is 0 Å². The number of nitrogens with zero attached hydrogens (tertiary/aromatic N) is 3. The molecule has 0 bridgehead atoms. The van der Waals surface area contributed by atoms with Crippen LogP contribution < -0.4 is 16.4 Å². The molecule has 0 aliphatic carbocycles. The monoisotopic (exact) mass is 364 g/mol. The van der Waals surface area contributed by atoms with Crippen molar-refractivity contribution >= 4 is 23.4 Å². The molecule has 27 heavy (non-hydrogen) atoms.